The molecule has 7 heteroatoms. The third-order valence-corrected chi connectivity index (χ3v) is 5.25. The zero-order chi connectivity index (χ0) is 24.0. The molecule has 0 N–H and O–H groups in total. The molecule has 3 aromatic rings. The highest BCUT2D eigenvalue weighted by atomic mass is 19.1. The second-order valence-electron chi connectivity index (χ2n) is 8.54. The predicted octanol–water partition coefficient (Wildman–Crippen LogP) is 5.56. The summed E-state index contributed by atoms with van der Waals surface area (Å²) in [6, 6.07) is 15.6. The molecular weight excluding hydrogens is 421 g/mol. The minimum atomic E-state index is -0.388. The third kappa shape index (κ3) is 5.99. The number of hydrogen-bond donors (Lipinski definition) is 0. The number of aromatic nitrogens is 2. The van der Waals surface area contributed by atoms with Crippen LogP contribution in [0.2, 0.25) is 0 Å². The molecule has 0 spiro atoms. The Labute approximate surface area is 194 Å². The summed E-state index contributed by atoms with van der Waals surface area (Å²) >= 11 is 0. The van der Waals surface area contributed by atoms with Crippen LogP contribution in [0.1, 0.15) is 44.9 Å². The van der Waals surface area contributed by atoms with Crippen LogP contribution in [-0.2, 0) is 16.1 Å². The van der Waals surface area contributed by atoms with Gasteiger partial charge in [0.25, 0.3) is 0 Å². The summed E-state index contributed by atoms with van der Waals surface area (Å²) in [5.41, 5.74) is 2.43. The van der Waals surface area contributed by atoms with E-state index in [0.29, 0.717) is 31.3 Å². The van der Waals surface area contributed by atoms with Crippen LogP contribution in [0.4, 0.5) is 4.39 Å². The molecule has 2 aromatic carbocycles. The SMILES string of the molecule is COCCN(Cc1c(C(C)C)nn(-c2ccccc2)c1Oc1cccc(F)c1)C(=O)C(C)C. The standard InChI is InChI=1S/C26H32FN3O3/c1-18(2)24-23(17-29(14-15-32-5)25(31)19(3)4)26(33-22-13-9-10-20(27)16-22)30(28-24)21-11-7-6-8-12-21/h6-13,16,18-19H,14-15,17H2,1-5H3. The Kier molecular flexibility index (Phi) is 8.22. The molecule has 0 radical (unpaired) electrons. The number of carbonyl (C=O) groups excluding carboxylic acids is 1. The number of benzene rings is 2. The lowest BCUT2D eigenvalue weighted by atomic mass is 10.0. The van der Waals surface area contributed by atoms with E-state index >= 15 is 0 Å². The van der Waals surface area contributed by atoms with E-state index in [1.54, 1.807) is 28.8 Å². The van der Waals surface area contributed by atoms with Crippen molar-refractivity contribution in [3.8, 4) is 17.3 Å². The highest BCUT2D eigenvalue weighted by molar-refractivity contribution is 5.78. The minimum absolute atomic E-state index is 0.0194. The molecule has 33 heavy (non-hydrogen) atoms. The summed E-state index contributed by atoms with van der Waals surface area (Å²) in [6.45, 7) is 9.04. The lowest BCUT2D eigenvalue weighted by Crippen LogP contribution is -2.36. The van der Waals surface area contributed by atoms with Gasteiger partial charge in [0.05, 0.1) is 30.1 Å². The molecule has 6 nitrogen and oxygen atoms in total. The highest BCUT2D eigenvalue weighted by Crippen LogP contribution is 2.35. The zero-order valence-electron chi connectivity index (χ0n) is 19.9. The number of hydrogen-bond acceptors (Lipinski definition) is 4. The molecule has 3 rings (SSSR count). The Balaban J connectivity index is 2.15. The van der Waals surface area contributed by atoms with Gasteiger partial charge < -0.3 is 14.4 Å². The maximum Gasteiger partial charge on any atom is 0.227 e. The summed E-state index contributed by atoms with van der Waals surface area (Å²) in [5.74, 6) is 0.377. The first-order chi connectivity index (χ1) is 15.8. The van der Waals surface area contributed by atoms with Gasteiger partial charge in [0, 0.05) is 25.6 Å². The fourth-order valence-electron chi connectivity index (χ4n) is 3.58. The topological polar surface area (TPSA) is 56.6 Å². The van der Waals surface area contributed by atoms with E-state index in [9.17, 15) is 9.18 Å². The van der Waals surface area contributed by atoms with Gasteiger partial charge in [-0.15, -0.1) is 0 Å². The van der Waals surface area contributed by atoms with Crippen molar-refractivity contribution in [3.63, 3.8) is 0 Å². The first-order valence-electron chi connectivity index (χ1n) is 11.2. The number of para-hydroxylation sites is 1. The Hall–Kier alpha value is -3.19. The van der Waals surface area contributed by atoms with Crippen LogP contribution in [0, 0.1) is 11.7 Å². The van der Waals surface area contributed by atoms with E-state index in [1.165, 1.54) is 12.1 Å². The van der Waals surface area contributed by atoms with Gasteiger partial charge >= 0.3 is 0 Å². The van der Waals surface area contributed by atoms with Gasteiger partial charge in [-0.2, -0.15) is 5.10 Å². The molecule has 1 amide bonds. The molecule has 0 aliphatic carbocycles. The number of nitrogens with zero attached hydrogens (tertiary/aromatic N) is 3. The van der Waals surface area contributed by atoms with Gasteiger partial charge in [-0.05, 0) is 30.2 Å². The van der Waals surface area contributed by atoms with Crippen molar-refractivity contribution < 1.29 is 18.7 Å². The molecule has 0 atom stereocenters. The van der Waals surface area contributed by atoms with Crippen LogP contribution in [0.5, 0.6) is 11.6 Å². The largest absolute Gasteiger partial charge is 0.438 e. The quantitative estimate of drug-likeness (QED) is 0.403. The van der Waals surface area contributed by atoms with Crippen molar-refractivity contribution >= 4 is 5.91 Å². The lowest BCUT2D eigenvalue weighted by molar-refractivity contribution is -0.135. The molecule has 1 heterocycles. The van der Waals surface area contributed by atoms with E-state index in [1.807, 2.05) is 44.2 Å². The van der Waals surface area contributed by atoms with Gasteiger partial charge in [0.2, 0.25) is 11.8 Å². The van der Waals surface area contributed by atoms with Crippen LogP contribution in [0.15, 0.2) is 54.6 Å². The smallest absolute Gasteiger partial charge is 0.227 e. The summed E-state index contributed by atoms with van der Waals surface area (Å²) in [7, 11) is 1.61. The number of ether oxygens (including phenoxy) is 2. The van der Waals surface area contributed by atoms with E-state index < -0.39 is 0 Å². The van der Waals surface area contributed by atoms with E-state index in [-0.39, 0.29) is 23.6 Å². The molecule has 176 valence electrons. The van der Waals surface area contributed by atoms with E-state index in [2.05, 4.69) is 13.8 Å². The molecular formula is C26H32FN3O3. The van der Waals surface area contributed by atoms with Crippen molar-refractivity contribution in [2.24, 2.45) is 5.92 Å². The molecule has 0 aliphatic heterocycles. The maximum atomic E-state index is 13.9. The predicted molar refractivity (Wildman–Crippen MR) is 126 cm³/mol. The Morgan fingerprint density at radius 3 is 2.42 bits per heavy atom. The first-order valence-corrected chi connectivity index (χ1v) is 11.2. The minimum Gasteiger partial charge on any atom is -0.438 e. The number of methoxy groups -OCH3 is 1. The molecule has 0 unspecified atom stereocenters. The second kappa shape index (κ2) is 11.1. The van der Waals surface area contributed by atoms with Crippen LogP contribution < -0.4 is 4.74 Å². The molecule has 0 saturated heterocycles. The van der Waals surface area contributed by atoms with Crippen molar-refractivity contribution in [3.05, 3.63) is 71.7 Å². The van der Waals surface area contributed by atoms with Gasteiger partial charge in [-0.3, -0.25) is 4.79 Å². The van der Waals surface area contributed by atoms with E-state index in [4.69, 9.17) is 14.6 Å². The van der Waals surface area contributed by atoms with Crippen molar-refractivity contribution in [2.75, 3.05) is 20.3 Å². The summed E-state index contributed by atoms with van der Waals surface area (Å²) < 4.78 is 27.1. The van der Waals surface area contributed by atoms with E-state index in [0.717, 1.165) is 16.9 Å². The summed E-state index contributed by atoms with van der Waals surface area (Å²) in [5, 5.41) is 4.86. The van der Waals surface area contributed by atoms with Crippen LogP contribution >= 0.6 is 0 Å². The van der Waals surface area contributed by atoms with Gasteiger partial charge in [-0.1, -0.05) is 52.0 Å². The summed E-state index contributed by atoms with van der Waals surface area (Å²) in [4.78, 5) is 14.7. The molecule has 0 aliphatic rings. The fraction of sp³-hybridized carbons (Fsp3) is 0.385. The summed E-state index contributed by atoms with van der Waals surface area (Å²) in [6.07, 6.45) is 0. The third-order valence-electron chi connectivity index (χ3n) is 5.25. The molecule has 0 bridgehead atoms. The Morgan fingerprint density at radius 2 is 1.82 bits per heavy atom. The zero-order valence-corrected chi connectivity index (χ0v) is 19.9. The first kappa shape index (κ1) is 24.5. The van der Waals surface area contributed by atoms with Crippen molar-refractivity contribution in [1.29, 1.82) is 0 Å². The maximum absolute atomic E-state index is 13.9. The van der Waals surface area contributed by atoms with Crippen molar-refractivity contribution in [1.82, 2.24) is 14.7 Å². The molecule has 0 saturated carbocycles. The van der Waals surface area contributed by atoms with Crippen molar-refractivity contribution in [2.45, 2.75) is 40.2 Å². The van der Waals surface area contributed by atoms with Gasteiger partial charge in [0.1, 0.15) is 11.6 Å². The second-order valence-corrected chi connectivity index (χ2v) is 8.54. The Bertz CT molecular complexity index is 1060. The number of amides is 1. The van der Waals surface area contributed by atoms with Crippen LogP contribution in [-0.4, -0.2) is 40.8 Å². The highest BCUT2D eigenvalue weighted by Gasteiger charge is 2.27. The average molecular weight is 454 g/mol. The number of carbonyl (C=O) groups is 1. The fourth-order valence-corrected chi connectivity index (χ4v) is 3.58. The average Bonchev–Trinajstić information content (AvgIpc) is 3.14. The van der Waals surface area contributed by atoms with Crippen LogP contribution in [0.25, 0.3) is 5.69 Å². The van der Waals surface area contributed by atoms with Gasteiger partial charge in [0.15, 0.2) is 0 Å². The lowest BCUT2D eigenvalue weighted by Gasteiger charge is -2.25. The normalized spacial score (nSPS) is 11.3. The molecule has 0 fully saturated rings. The number of rotatable bonds is 10. The molecule has 1 aromatic heterocycles. The number of halogens is 1. The van der Waals surface area contributed by atoms with Crippen LogP contribution in [0.3, 0.4) is 0 Å². The van der Waals surface area contributed by atoms with Gasteiger partial charge in [-0.25, -0.2) is 9.07 Å². The monoisotopic (exact) mass is 453 g/mol. The Morgan fingerprint density at radius 1 is 1.09 bits per heavy atom.